The van der Waals surface area contributed by atoms with Crippen LogP contribution in [0.15, 0.2) is 71.8 Å². The Morgan fingerprint density at radius 2 is 1.66 bits per heavy atom. The molecule has 0 bridgehead atoms. The average Bonchev–Trinajstić information content (AvgIpc) is 3.33. The van der Waals surface area contributed by atoms with Crippen LogP contribution in [0.3, 0.4) is 0 Å². The molecule has 1 N–H and O–H groups in total. The summed E-state index contributed by atoms with van der Waals surface area (Å²) in [6.07, 6.45) is 0.332. The maximum Gasteiger partial charge on any atom is 0.301 e. The molecule has 0 saturated heterocycles. The van der Waals surface area contributed by atoms with Gasteiger partial charge in [0, 0.05) is 12.6 Å². The number of carbonyl (C=O) groups excluding carboxylic acids is 3. The lowest BCUT2D eigenvalue weighted by molar-refractivity contribution is -0.393. The van der Waals surface area contributed by atoms with Crippen molar-refractivity contribution in [2.24, 2.45) is 11.0 Å². The van der Waals surface area contributed by atoms with E-state index in [2.05, 4.69) is 10.4 Å². The molecule has 0 saturated carbocycles. The van der Waals surface area contributed by atoms with E-state index in [-0.39, 0.29) is 17.9 Å². The Morgan fingerprint density at radius 3 is 2.29 bits per heavy atom. The molecule has 3 aromatic rings. The Kier molecular flexibility index (Phi) is 8.32. The fourth-order valence-corrected chi connectivity index (χ4v) is 4.22. The quantitative estimate of drug-likeness (QED) is 0.159. The van der Waals surface area contributed by atoms with Crippen molar-refractivity contribution in [2.45, 2.75) is 6.42 Å². The molecule has 4 rings (SSSR count). The first-order chi connectivity index (χ1) is 19.7. The fraction of sp³-hybridized carbons (Fsp3) is 0.185. The molecule has 0 aromatic heterocycles. The predicted molar refractivity (Wildman–Crippen MR) is 145 cm³/mol. The van der Waals surface area contributed by atoms with Gasteiger partial charge in [-0.1, -0.05) is 36.4 Å². The summed E-state index contributed by atoms with van der Waals surface area (Å²) >= 11 is 0. The number of hydrogen-bond donors (Lipinski definition) is 1. The number of anilines is 1. The van der Waals surface area contributed by atoms with Crippen molar-refractivity contribution in [3.63, 3.8) is 0 Å². The first-order valence-electron chi connectivity index (χ1n) is 12.1. The SMILES string of the molecule is COc1ccc(CCNC(=O)C(=O)[C@@H]2C(=O)N(c3ccc([N+](=O)[O-])cc3[N+](=O)[O-])N=C2c2ccccc2)cc1OC. The molecule has 14 nitrogen and oxygen atoms in total. The van der Waals surface area contributed by atoms with Crippen LogP contribution in [0.1, 0.15) is 11.1 Å². The number of Topliss-reactive ketones (excluding diaryl/α,β-unsaturated/α-hetero) is 1. The molecule has 41 heavy (non-hydrogen) atoms. The molecule has 1 aliphatic rings. The van der Waals surface area contributed by atoms with Crippen LogP contribution in [-0.4, -0.2) is 53.9 Å². The predicted octanol–water partition coefficient (Wildman–Crippen LogP) is 2.82. The van der Waals surface area contributed by atoms with Crippen molar-refractivity contribution in [1.29, 1.82) is 0 Å². The lowest BCUT2D eigenvalue weighted by atomic mass is 9.92. The van der Waals surface area contributed by atoms with Crippen molar-refractivity contribution in [1.82, 2.24) is 5.32 Å². The summed E-state index contributed by atoms with van der Waals surface area (Å²) in [5.41, 5.74) is -0.691. The molecule has 1 heterocycles. The van der Waals surface area contributed by atoms with E-state index in [1.165, 1.54) is 14.2 Å². The molecule has 0 aliphatic carbocycles. The second-order valence-electron chi connectivity index (χ2n) is 8.68. The van der Waals surface area contributed by atoms with Gasteiger partial charge in [0.15, 0.2) is 17.4 Å². The number of methoxy groups -OCH3 is 2. The van der Waals surface area contributed by atoms with Crippen LogP contribution < -0.4 is 19.8 Å². The van der Waals surface area contributed by atoms with E-state index < -0.39 is 44.7 Å². The maximum atomic E-state index is 13.5. The zero-order chi connectivity index (χ0) is 29.7. The number of nitro benzene ring substituents is 2. The Labute approximate surface area is 232 Å². The van der Waals surface area contributed by atoms with Crippen molar-refractivity contribution in [2.75, 3.05) is 25.8 Å². The van der Waals surface area contributed by atoms with Gasteiger partial charge in [-0.15, -0.1) is 0 Å². The van der Waals surface area contributed by atoms with E-state index in [0.717, 1.165) is 17.7 Å². The van der Waals surface area contributed by atoms with Crippen molar-refractivity contribution in [3.8, 4) is 11.5 Å². The van der Waals surface area contributed by atoms with E-state index in [1.807, 2.05) is 0 Å². The van der Waals surface area contributed by atoms with Crippen LogP contribution in [0.4, 0.5) is 17.1 Å². The van der Waals surface area contributed by atoms with Crippen molar-refractivity contribution >= 4 is 40.4 Å². The standard InChI is InChI=1S/C27H23N5O9/c1-40-21-11-8-16(14-22(21)41-2)12-13-28-26(34)25(33)23-24(17-6-4-3-5-7-17)29-30(27(23)35)19-10-9-18(31(36)37)15-20(19)32(38)39/h3-11,14-15,23H,12-13H2,1-2H3,(H,28,34)/t23-/m1/s1. The number of nitrogens with one attached hydrogen (secondary N) is 1. The summed E-state index contributed by atoms with van der Waals surface area (Å²) in [5, 5.41) is 30.1. The van der Waals surface area contributed by atoms with Gasteiger partial charge in [-0.2, -0.15) is 10.1 Å². The lowest BCUT2D eigenvalue weighted by Gasteiger charge is -2.14. The van der Waals surface area contributed by atoms with Gasteiger partial charge in [0.2, 0.25) is 5.78 Å². The Balaban J connectivity index is 1.59. The summed E-state index contributed by atoms with van der Waals surface area (Å²) in [5.74, 6) is -3.85. The zero-order valence-corrected chi connectivity index (χ0v) is 21.8. The number of hydrazone groups is 1. The minimum Gasteiger partial charge on any atom is -0.493 e. The minimum atomic E-state index is -1.70. The number of nitrogens with zero attached hydrogens (tertiary/aromatic N) is 4. The summed E-state index contributed by atoms with van der Waals surface area (Å²) in [6.45, 7) is 0.0519. The van der Waals surface area contributed by atoms with Crippen LogP contribution in [0.2, 0.25) is 0 Å². The second kappa shape index (κ2) is 12.0. The smallest absolute Gasteiger partial charge is 0.301 e. The zero-order valence-electron chi connectivity index (χ0n) is 21.8. The van der Waals surface area contributed by atoms with Gasteiger partial charge in [0.1, 0.15) is 5.69 Å². The monoisotopic (exact) mass is 561 g/mol. The number of non-ortho nitro benzene ring substituents is 1. The topological polar surface area (TPSA) is 184 Å². The number of rotatable bonds is 11. The van der Waals surface area contributed by atoms with Gasteiger partial charge < -0.3 is 14.8 Å². The third-order valence-corrected chi connectivity index (χ3v) is 6.23. The van der Waals surface area contributed by atoms with Gasteiger partial charge in [-0.25, -0.2) is 0 Å². The highest BCUT2D eigenvalue weighted by atomic mass is 16.6. The van der Waals surface area contributed by atoms with Crippen LogP contribution in [0.25, 0.3) is 0 Å². The van der Waals surface area contributed by atoms with Crippen LogP contribution >= 0.6 is 0 Å². The van der Waals surface area contributed by atoms with Gasteiger partial charge in [-0.05, 0) is 35.7 Å². The molecule has 2 amide bonds. The minimum absolute atomic E-state index is 0.0519. The van der Waals surface area contributed by atoms with Gasteiger partial charge >= 0.3 is 5.69 Å². The average molecular weight is 562 g/mol. The van der Waals surface area contributed by atoms with E-state index in [0.29, 0.717) is 34.6 Å². The third-order valence-electron chi connectivity index (χ3n) is 6.23. The second-order valence-corrected chi connectivity index (χ2v) is 8.68. The first-order valence-corrected chi connectivity index (χ1v) is 12.1. The molecule has 210 valence electrons. The number of ether oxygens (including phenoxy) is 2. The number of hydrogen-bond acceptors (Lipinski definition) is 10. The molecule has 0 fully saturated rings. The van der Waals surface area contributed by atoms with E-state index in [4.69, 9.17) is 9.47 Å². The molecule has 0 radical (unpaired) electrons. The fourth-order valence-electron chi connectivity index (χ4n) is 4.22. The number of benzene rings is 3. The highest BCUT2D eigenvalue weighted by molar-refractivity contribution is 6.49. The number of amides is 2. The van der Waals surface area contributed by atoms with Gasteiger partial charge in [0.05, 0.1) is 35.8 Å². The van der Waals surface area contributed by atoms with Crippen LogP contribution in [0, 0.1) is 26.1 Å². The number of nitro groups is 2. The van der Waals surface area contributed by atoms with Gasteiger partial charge in [-0.3, -0.25) is 34.6 Å². The third kappa shape index (κ3) is 5.85. The highest BCUT2D eigenvalue weighted by Crippen LogP contribution is 2.36. The largest absolute Gasteiger partial charge is 0.493 e. The molecular formula is C27H23N5O9. The summed E-state index contributed by atoms with van der Waals surface area (Å²) in [7, 11) is 2.99. The molecular weight excluding hydrogens is 538 g/mol. The first kappa shape index (κ1) is 28.4. The number of carbonyl (C=O) groups is 3. The van der Waals surface area contributed by atoms with E-state index in [1.54, 1.807) is 48.5 Å². The summed E-state index contributed by atoms with van der Waals surface area (Å²) in [4.78, 5) is 60.8. The van der Waals surface area contributed by atoms with Crippen LogP contribution in [-0.2, 0) is 20.8 Å². The van der Waals surface area contributed by atoms with Gasteiger partial charge in [0.25, 0.3) is 17.5 Å². The summed E-state index contributed by atoms with van der Waals surface area (Å²) in [6, 6.07) is 15.9. The van der Waals surface area contributed by atoms with Crippen molar-refractivity contribution in [3.05, 3.63) is 98.1 Å². The highest BCUT2D eigenvalue weighted by Gasteiger charge is 2.46. The molecule has 3 aromatic carbocycles. The lowest BCUT2D eigenvalue weighted by Crippen LogP contribution is -2.43. The molecule has 0 spiro atoms. The normalized spacial score (nSPS) is 14.3. The van der Waals surface area contributed by atoms with E-state index >= 15 is 0 Å². The Bertz CT molecular complexity index is 1570. The molecule has 1 aliphatic heterocycles. The molecule has 1 atom stereocenters. The van der Waals surface area contributed by atoms with Crippen molar-refractivity contribution < 1.29 is 33.7 Å². The molecule has 14 heteroatoms. The van der Waals surface area contributed by atoms with E-state index in [9.17, 15) is 34.6 Å². The van der Waals surface area contributed by atoms with Crippen LogP contribution in [0.5, 0.6) is 11.5 Å². The molecule has 0 unspecified atom stereocenters. The summed E-state index contributed by atoms with van der Waals surface area (Å²) < 4.78 is 10.5. The Morgan fingerprint density at radius 1 is 0.951 bits per heavy atom. The Hall–Kier alpha value is -5.66. The number of ketones is 1. The maximum absolute atomic E-state index is 13.5.